The van der Waals surface area contributed by atoms with E-state index in [1.807, 2.05) is 0 Å². The van der Waals surface area contributed by atoms with E-state index < -0.39 is 11.8 Å². The van der Waals surface area contributed by atoms with Gasteiger partial charge in [0.2, 0.25) is 5.91 Å². The highest BCUT2D eigenvalue weighted by Crippen LogP contribution is 2.31. The number of nitrogens with zero attached hydrogens (tertiary/aromatic N) is 3. The van der Waals surface area contributed by atoms with Gasteiger partial charge >= 0.3 is 0 Å². The van der Waals surface area contributed by atoms with Crippen molar-refractivity contribution in [2.75, 3.05) is 0 Å². The smallest absolute Gasteiger partial charge is 0.273 e. The molecule has 10 heteroatoms. The first-order valence-electron chi connectivity index (χ1n) is 9.11. The second kappa shape index (κ2) is 8.62. The van der Waals surface area contributed by atoms with Crippen LogP contribution in [0.3, 0.4) is 0 Å². The number of hydrogen-bond acceptors (Lipinski definition) is 6. The third kappa shape index (κ3) is 4.39. The first kappa shape index (κ1) is 21.2. The van der Waals surface area contributed by atoms with Crippen molar-refractivity contribution in [2.24, 2.45) is 7.05 Å². The SMILES string of the molecule is Cn1nc(CC(=O)NN2C(=O)/C(=C\c3ccc(Cl)cc3)SC2=S)c2ccccc2c1=O. The maximum Gasteiger partial charge on any atom is 0.285 e. The summed E-state index contributed by atoms with van der Waals surface area (Å²) in [7, 11) is 1.53. The van der Waals surface area contributed by atoms with Gasteiger partial charge in [0, 0.05) is 17.5 Å². The molecule has 1 aliphatic heterocycles. The molecule has 0 unspecified atom stereocenters. The molecule has 0 aliphatic carbocycles. The summed E-state index contributed by atoms with van der Waals surface area (Å²) in [6, 6.07) is 14.0. The minimum Gasteiger partial charge on any atom is -0.273 e. The number of benzene rings is 2. The summed E-state index contributed by atoms with van der Waals surface area (Å²) in [5.74, 6) is -0.892. The number of aryl methyl sites for hydroxylation is 1. The number of aromatic nitrogens is 2. The monoisotopic (exact) mass is 470 g/mol. The third-order valence-corrected chi connectivity index (χ3v) is 6.11. The summed E-state index contributed by atoms with van der Waals surface area (Å²) >= 11 is 12.2. The molecule has 2 heterocycles. The number of carbonyl (C=O) groups excluding carboxylic acids is 2. The van der Waals surface area contributed by atoms with Crippen molar-refractivity contribution in [3.8, 4) is 0 Å². The summed E-state index contributed by atoms with van der Waals surface area (Å²) in [5.41, 5.74) is 3.51. The molecule has 4 rings (SSSR count). The van der Waals surface area contributed by atoms with Crippen LogP contribution in [0.15, 0.2) is 58.2 Å². The van der Waals surface area contributed by atoms with E-state index >= 15 is 0 Å². The van der Waals surface area contributed by atoms with Crippen LogP contribution < -0.4 is 11.0 Å². The van der Waals surface area contributed by atoms with Crippen molar-refractivity contribution in [1.82, 2.24) is 20.2 Å². The van der Waals surface area contributed by atoms with Crippen LogP contribution in [-0.2, 0) is 23.1 Å². The van der Waals surface area contributed by atoms with Crippen LogP contribution in [0.4, 0.5) is 0 Å². The van der Waals surface area contributed by atoms with Gasteiger partial charge in [-0.2, -0.15) is 10.1 Å². The van der Waals surface area contributed by atoms with Gasteiger partial charge in [0.25, 0.3) is 11.5 Å². The van der Waals surface area contributed by atoms with Crippen LogP contribution >= 0.6 is 35.6 Å². The quantitative estimate of drug-likeness (QED) is 0.466. The molecule has 3 aromatic rings. The molecule has 1 aromatic heterocycles. The van der Waals surface area contributed by atoms with Gasteiger partial charge in [-0.1, -0.05) is 53.7 Å². The summed E-state index contributed by atoms with van der Waals surface area (Å²) in [4.78, 5) is 38.0. The molecule has 0 atom stereocenters. The Balaban J connectivity index is 1.53. The summed E-state index contributed by atoms with van der Waals surface area (Å²) in [6.45, 7) is 0. The maximum atomic E-state index is 12.7. The fourth-order valence-corrected chi connectivity index (χ4v) is 4.40. The van der Waals surface area contributed by atoms with E-state index in [4.69, 9.17) is 23.8 Å². The zero-order chi connectivity index (χ0) is 22.1. The highest BCUT2D eigenvalue weighted by atomic mass is 35.5. The molecule has 1 N–H and O–H groups in total. The van der Waals surface area contributed by atoms with E-state index in [2.05, 4.69) is 10.5 Å². The minimum absolute atomic E-state index is 0.123. The van der Waals surface area contributed by atoms with Gasteiger partial charge in [0.1, 0.15) is 0 Å². The average Bonchev–Trinajstić information content (AvgIpc) is 3.01. The molecule has 1 fully saturated rings. The second-order valence-electron chi connectivity index (χ2n) is 6.70. The average molecular weight is 471 g/mol. The Hall–Kier alpha value is -3.01. The van der Waals surface area contributed by atoms with Crippen LogP contribution in [0, 0.1) is 0 Å². The largest absolute Gasteiger partial charge is 0.285 e. The number of hydrazine groups is 1. The van der Waals surface area contributed by atoms with Crippen molar-refractivity contribution >= 4 is 68.6 Å². The molecular weight excluding hydrogens is 456 g/mol. The molecule has 0 bridgehead atoms. The van der Waals surface area contributed by atoms with Gasteiger partial charge in [-0.05, 0) is 42.1 Å². The Labute approximate surface area is 191 Å². The number of nitrogens with one attached hydrogen (secondary N) is 1. The van der Waals surface area contributed by atoms with E-state index in [0.29, 0.717) is 26.4 Å². The maximum absolute atomic E-state index is 12.7. The number of rotatable bonds is 4. The lowest BCUT2D eigenvalue weighted by atomic mass is 10.1. The van der Waals surface area contributed by atoms with Crippen LogP contribution in [0.25, 0.3) is 16.8 Å². The van der Waals surface area contributed by atoms with Gasteiger partial charge in [-0.3, -0.25) is 19.8 Å². The van der Waals surface area contributed by atoms with Crippen LogP contribution in [0.2, 0.25) is 5.02 Å². The topological polar surface area (TPSA) is 84.3 Å². The Morgan fingerprint density at radius 3 is 2.55 bits per heavy atom. The van der Waals surface area contributed by atoms with E-state index in [1.165, 1.54) is 11.7 Å². The summed E-state index contributed by atoms with van der Waals surface area (Å²) < 4.78 is 1.41. The molecule has 2 aromatic carbocycles. The number of hydrogen-bond donors (Lipinski definition) is 1. The van der Waals surface area contributed by atoms with Gasteiger partial charge in [-0.15, -0.1) is 0 Å². The Kier molecular flexibility index (Phi) is 5.90. The lowest BCUT2D eigenvalue weighted by Crippen LogP contribution is -2.45. The van der Waals surface area contributed by atoms with E-state index in [9.17, 15) is 14.4 Å². The predicted octanol–water partition coefficient (Wildman–Crippen LogP) is 3.06. The lowest BCUT2D eigenvalue weighted by Gasteiger charge is -2.16. The zero-order valence-corrected chi connectivity index (χ0v) is 18.6. The fourth-order valence-electron chi connectivity index (χ4n) is 3.10. The minimum atomic E-state index is -0.472. The Morgan fingerprint density at radius 1 is 1.16 bits per heavy atom. The highest BCUT2D eigenvalue weighted by molar-refractivity contribution is 8.26. The summed E-state index contributed by atoms with van der Waals surface area (Å²) in [6.07, 6.45) is 1.56. The van der Waals surface area contributed by atoms with E-state index in [-0.39, 0.29) is 16.3 Å². The van der Waals surface area contributed by atoms with Crippen molar-refractivity contribution in [2.45, 2.75) is 6.42 Å². The molecule has 0 saturated carbocycles. The standard InChI is InChI=1S/C21H15ClN4O3S2/c1-25-19(28)15-5-3-2-4-14(15)16(23-25)11-18(27)24-26-20(29)17(31-21(26)30)10-12-6-8-13(22)9-7-12/h2-10H,11H2,1H3,(H,24,27)/b17-10+. The molecule has 0 radical (unpaired) electrons. The molecular formula is C21H15ClN4O3S2. The normalized spacial score (nSPS) is 15.2. The summed E-state index contributed by atoms with van der Waals surface area (Å²) in [5, 5.41) is 6.92. The van der Waals surface area contributed by atoms with Crippen LogP contribution in [-0.4, -0.2) is 30.9 Å². The molecule has 1 saturated heterocycles. The Bertz CT molecular complexity index is 1320. The molecule has 0 spiro atoms. The molecule has 31 heavy (non-hydrogen) atoms. The molecule has 7 nitrogen and oxygen atoms in total. The number of thioether (sulfide) groups is 1. The van der Waals surface area contributed by atoms with Gasteiger partial charge < -0.3 is 0 Å². The number of fused-ring (bicyclic) bond motifs is 1. The van der Waals surface area contributed by atoms with E-state index in [0.717, 1.165) is 22.3 Å². The van der Waals surface area contributed by atoms with Crippen molar-refractivity contribution in [3.63, 3.8) is 0 Å². The first-order chi connectivity index (χ1) is 14.8. The van der Waals surface area contributed by atoms with E-state index in [1.54, 1.807) is 54.6 Å². The van der Waals surface area contributed by atoms with Gasteiger partial charge in [0.15, 0.2) is 4.32 Å². The Morgan fingerprint density at radius 2 is 1.84 bits per heavy atom. The second-order valence-corrected chi connectivity index (χ2v) is 8.81. The number of thiocarbonyl (C=S) groups is 1. The van der Waals surface area contributed by atoms with Crippen LogP contribution in [0.1, 0.15) is 11.3 Å². The zero-order valence-electron chi connectivity index (χ0n) is 16.2. The first-order valence-corrected chi connectivity index (χ1v) is 10.7. The predicted molar refractivity (Wildman–Crippen MR) is 125 cm³/mol. The molecule has 2 amide bonds. The van der Waals surface area contributed by atoms with Gasteiger partial charge in [0.05, 0.1) is 22.4 Å². The number of halogens is 1. The van der Waals surface area contributed by atoms with Crippen molar-refractivity contribution in [1.29, 1.82) is 0 Å². The fraction of sp³-hybridized carbons (Fsp3) is 0.0952. The number of amides is 2. The third-order valence-electron chi connectivity index (χ3n) is 4.56. The lowest BCUT2D eigenvalue weighted by molar-refractivity contribution is -0.132. The van der Waals surface area contributed by atoms with Crippen LogP contribution in [0.5, 0.6) is 0 Å². The number of carbonyl (C=O) groups is 2. The van der Waals surface area contributed by atoms with Crippen molar-refractivity contribution < 1.29 is 9.59 Å². The molecule has 1 aliphatic rings. The molecule has 156 valence electrons. The highest BCUT2D eigenvalue weighted by Gasteiger charge is 2.33. The van der Waals surface area contributed by atoms with Crippen molar-refractivity contribution in [3.05, 3.63) is 80.1 Å². The van der Waals surface area contributed by atoms with Gasteiger partial charge in [-0.25, -0.2) is 4.68 Å².